The van der Waals surface area contributed by atoms with Gasteiger partial charge in [0, 0.05) is 19.5 Å². The highest BCUT2D eigenvalue weighted by Gasteiger charge is 2.41. The lowest BCUT2D eigenvalue weighted by Gasteiger charge is -2.21. The molecule has 0 aliphatic carbocycles. The number of amides is 1. The SMILES string of the molecule is CCC(C)C(O)CNC(=O)C1(F)CCNC1.Cl. The Morgan fingerprint density at radius 1 is 1.65 bits per heavy atom. The number of carbonyl (C=O) groups excluding carboxylic acids is 1. The van der Waals surface area contributed by atoms with Crippen LogP contribution in [0.3, 0.4) is 0 Å². The van der Waals surface area contributed by atoms with Crippen LogP contribution < -0.4 is 10.6 Å². The second-order valence-corrected chi connectivity index (χ2v) is 4.55. The Morgan fingerprint density at radius 2 is 2.29 bits per heavy atom. The molecule has 0 spiro atoms. The van der Waals surface area contributed by atoms with Crippen LogP contribution in [0.1, 0.15) is 26.7 Å². The van der Waals surface area contributed by atoms with Crippen molar-refractivity contribution in [2.75, 3.05) is 19.6 Å². The zero-order valence-corrected chi connectivity index (χ0v) is 11.1. The van der Waals surface area contributed by atoms with Gasteiger partial charge in [0.15, 0.2) is 0 Å². The fraction of sp³-hybridized carbons (Fsp3) is 0.909. The van der Waals surface area contributed by atoms with E-state index < -0.39 is 17.7 Å². The quantitative estimate of drug-likeness (QED) is 0.686. The molecule has 0 aromatic heterocycles. The van der Waals surface area contributed by atoms with Gasteiger partial charge in [0.2, 0.25) is 5.67 Å². The molecule has 6 heteroatoms. The molecule has 1 aliphatic rings. The van der Waals surface area contributed by atoms with Gasteiger partial charge in [-0.15, -0.1) is 12.4 Å². The van der Waals surface area contributed by atoms with Crippen LogP contribution in [0.15, 0.2) is 0 Å². The van der Waals surface area contributed by atoms with Gasteiger partial charge in [-0.1, -0.05) is 20.3 Å². The zero-order chi connectivity index (χ0) is 12.2. The maximum Gasteiger partial charge on any atom is 0.259 e. The largest absolute Gasteiger partial charge is 0.391 e. The highest BCUT2D eigenvalue weighted by Crippen LogP contribution is 2.19. The number of carbonyl (C=O) groups is 1. The molecule has 0 radical (unpaired) electrons. The summed E-state index contributed by atoms with van der Waals surface area (Å²) in [5.41, 5.74) is -1.80. The summed E-state index contributed by atoms with van der Waals surface area (Å²) < 4.78 is 13.9. The van der Waals surface area contributed by atoms with E-state index >= 15 is 0 Å². The second-order valence-electron chi connectivity index (χ2n) is 4.55. The first-order valence-electron chi connectivity index (χ1n) is 5.85. The molecule has 0 saturated carbocycles. The Kier molecular flexibility index (Phi) is 6.97. The number of nitrogens with one attached hydrogen (secondary N) is 2. The molecule has 3 atom stereocenters. The van der Waals surface area contributed by atoms with Gasteiger partial charge in [-0.05, 0) is 12.5 Å². The van der Waals surface area contributed by atoms with Crippen LogP contribution in [0.5, 0.6) is 0 Å². The fourth-order valence-electron chi connectivity index (χ4n) is 1.68. The van der Waals surface area contributed by atoms with Crippen molar-refractivity contribution in [1.29, 1.82) is 0 Å². The highest BCUT2D eigenvalue weighted by molar-refractivity contribution is 5.86. The lowest BCUT2D eigenvalue weighted by molar-refractivity contribution is -0.132. The Morgan fingerprint density at radius 3 is 2.76 bits per heavy atom. The van der Waals surface area contributed by atoms with Crippen LogP contribution in [0.25, 0.3) is 0 Å². The van der Waals surface area contributed by atoms with Crippen molar-refractivity contribution >= 4 is 18.3 Å². The van der Waals surface area contributed by atoms with E-state index in [0.717, 1.165) is 6.42 Å². The molecule has 1 rings (SSSR count). The number of alkyl halides is 1. The summed E-state index contributed by atoms with van der Waals surface area (Å²) in [5, 5.41) is 14.9. The number of hydrogen-bond acceptors (Lipinski definition) is 3. The van der Waals surface area contributed by atoms with E-state index in [9.17, 15) is 14.3 Å². The van der Waals surface area contributed by atoms with Crippen LogP contribution >= 0.6 is 12.4 Å². The minimum absolute atomic E-state index is 0. The van der Waals surface area contributed by atoms with Crippen molar-refractivity contribution in [2.45, 2.75) is 38.5 Å². The lowest BCUT2D eigenvalue weighted by atomic mass is 10.0. The van der Waals surface area contributed by atoms with Crippen LogP contribution in [-0.4, -0.2) is 42.4 Å². The van der Waals surface area contributed by atoms with Crippen molar-refractivity contribution < 1.29 is 14.3 Å². The number of hydrogen-bond donors (Lipinski definition) is 3. The summed E-state index contributed by atoms with van der Waals surface area (Å²) >= 11 is 0. The highest BCUT2D eigenvalue weighted by atomic mass is 35.5. The van der Waals surface area contributed by atoms with E-state index in [1.165, 1.54) is 0 Å². The van der Waals surface area contributed by atoms with E-state index in [1.54, 1.807) is 0 Å². The molecule has 1 amide bonds. The molecule has 0 bridgehead atoms. The third-order valence-electron chi connectivity index (χ3n) is 3.28. The average Bonchev–Trinajstić information content (AvgIpc) is 2.72. The van der Waals surface area contributed by atoms with E-state index in [4.69, 9.17) is 0 Å². The van der Waals surface area contributed by atoms with E-state index in [0.29, 0.717) is 6.54 Å². The summed E-state index contributed by atoms with van der Waals surface area (Å²) in [6.07, 6.45) is 0.435. The molecule has 3 N–H and O–H groups in total. The number of halogens is 2. The molecule has 1 aliphatic heterocycles. The Hall–Kier alpha value is -0.390. The van der Waals surface area contributed by atoms with Crippen LogP contribution in [0, 0.1) is 5.92 Å². The molecular formula is C11H22ClFN2O2. The summed E-state index contributed by atoms with van der Waals surface area (Å²) in [6.45, 7) is 4.59. The van der Waals surface area contributed by atoms with E-state index in [-0.39, 0.29) is 37.8 Å². The second kappa shape index (κ2) is 7.13. The van der Waals surface area contributed by atoms with Crippen LogP contribution in [0.2, 0.25) is 0 Å². The zero-order valence-electron chi connectivity index (χ0n) is 10.3. The van der Waals surface area contributed by atoms with Gasteiger partial charge in [-0.25, -0.2) is 4.39 Å². The van der Waals surface area contributed by atoms with Gasteiger partial charge in [0.25, 0.3) is 5.91 Å². The van der Waals surface area contributed by atoms with E-state index in [1.807, 2.05) is 13.8 Å². The Labute approximate surface area is 108 Å². The first-order valence-corrected chi connectivity index (χ1v) is 5.85. The monoisotopic (exact) mass is 268 g/mol. The van der Waals surface area contributed by atoms with Gasteiger partial charge in [-0.3, -0.25) is 4.79 Å². The topological polar surface area (TPSA) is 61.4 Å². The molecule has 102 valence electrons. The van der Waals surface area contributed by atoms with Gasteiger partial charge in [0.1, 0.15) is 0 Å². The summed E-state index contributed by atoms with van der Waals surface area (Å²) in [4.78, 5) is 11.5. The summed E-state index contributed by atoms with van der Waals surface area (Å²) in [5.74, 6) is -0.502. The molecular weight excluding hydrogens is 247 g/mol. The van der Waals surface area contributed by atoms with Crippen LogP contribution in [-0.2, 0) is 4.79 Å². The normalized spacial score (nSPS) is 27.1. The summed E-state index contributed by atoms with van der Waals surface area (Å²) in [6, 6.07) is 0. The predicted molar refractivity (Wildman–Crippen MR) is 67.0 cm³/mol. The fourth-order valence-corrected chi connectivity index (χ4v) is 1.68. The molecule has 1 saturated heterocycles. The molecule has 0 aromatic carbocycles. The molecule has 17 heavy (non-hydrogen) atoms. The molecule has 3 unspecified atom stereocenters. The first-order chi connectivity index (χ1) is 7.49. The Bertz CT molecular complexity index is 248. The standard InChI is InChI=1S/C11H21FN2O2.ClH/c1-3-8(2)9(15)6-14-10(16)11(12)4-5-13-7-11;/h8-9,13,15H,3-7H2,1-2H3,(H,14,16);1H. The third kappa shape index (κ3) is 4.41. The minimum atomic E-state index is -1.80. The van der Waals surface area contributed by atoms with Gasteiger partial charge < -0.3 is 15.7 Å². The Balaban J connectivity index is 0.00000256. The number of aliphatic hydroxyl groups excluding tert-OH is 1. The van der Waals surface area contributed by atoms with Crippen molar-refractivity contribution in [1.82, 2.24) is 10.6 Å². The van der Waals surface area contributed by atoms with Crippen molar-refractivity contribution in [3.05, 3.63) is 0 Å². The molecule has 4 nitrogen and oxygen atoms in total. The lowest BCUT2D eigenvalue weighted by Crippen LogP contribution is -2.47. The van der Waals surface area contributed by atoms with Gasteiger partial charge in [0.05, 0.1) is 6.10 Å². The van der Waals surface area contributed by atoms with Gasteiger partial charge in [-0.2, -0.15) is 0 Å². The number of rotatable bonds is 5. The van der Waals surface area contributed by atoms with Crippen molar-refractivity contribution in [3.63, 3.8) is 0 Å². The molecule has 1 fully saturated rings. The molecule has 0 aromatic rings. The van der Waals surface area contributed by atoms with E-state index in [2.05, 4.69) is 10.6 Å². The molecule has 1 heterocycles. The average molecular weight is 269 g/mol. The van der Waals surface area contributed by atoms with Crippen molar-refractivity contribution in [3.8, 4) is 0 Å². The predicted octanol–water partition coefficient (Wildman–Crippen LogP) is 0.633. The van der Waals surface area contributed by atoms with Gasteiger partial charge >= 0.3 is 0 Å². The first kappa shape index (κ1) is 16.6. The third-order valence-corrected chi connectivity index (χ3v) is 3.28. The minimum Gasteiger partial charge on any atom is -0.391 e. The maximum atomic E-state index is 13.9. The summed E-state index contributed by atoms with van der Waals surface area (Å²) in [7, 11) is 0. The van der Waals surface area contributed by atoms with Crippen LogP contribution in [0.4, 0.5) is 4.39 Å². The maximum absolute atomic E-state index is 13.9. The van der Waals surface area contributed by atoms with Crippen molar-refractivity contribution in [2.24, 2.45) is 5.92 Å². The smallest absolute Gasteiger partial charge is 0.259 e. The number of aliphatic hydroxyl groups is 1.